The highest BCUT2D eigenvalue weighted by Gasteiger charge is 2.07. The van der Waals surface area contributed by atoms with Gasteiger partial charge in [0.25, 0.3) is 0 Å². The van der Waals surface area contributed by atoms with Gasteiger partial charge in [-0.05, 0) is 37.6 Å². The maximum atomic E-state index is 8.87. The summed E-state index contributed by atoms with van der Waals surface area (Å²) in [6.07, 6.45) is 3.46. The number of nitrogen functional groups attached to an aromatic ring is 1. The first-order chi connectivity index (χ1) is 9.19. The fourth-order valence-corrected chi connectivity index (χ4v) is 1.78. The summed E-state index contributed by atoms with van der Waals surface area (Å²) in [5, 5.41) is 12.1. The standard InChI is InChI=1S/C14H16N4O/c1-10(4-5-11-3-2-8-19-11)17-14-7-6-12(16)13(9-15)18-14/h2-3,6-8,10H,4-5,16H2,1H3,(H,17,18). The van der Waals surface area contributed by atoms with Crippen molar-refractivity contribution in [3.8, 4) is 6.07 Å². The first-order valence-corrected chi connectivity index (χ1v) is 6.14. The summed E-state index contributed by atoms with van der Waals surface area (Å²) in [7, 11) is 0. The summed E-state index contributed by atoms with van der Waals surface area (Å²) in [6, 6.07) is 9.51. The number of aryl methyl sites for hydroxylation is 1. The molecule has 5 nitrogen and oxygen atoms in total. The third kappa shape index (κ3) is 3.49. The second-order valence-corrected chi connectivity index (χ2v) is 4.41. The quantitative estimate of drug-likeness (QED) is 0.858. The number of pyridine rings is 1. The van der Waals surface area contributed by atoms with Crippen molar-refractivity contribution in [2.24, 2.45) is 0 Å². The molecule has 19 heavy (non-hydrogen) atoms. The van der Waals surface area contributed by atoms with Gasteiger partial charge in [-0.1, -0.05) is 0 Å². The van der Waals surface area contributed by atoms with Crippen LogP contribution < -0.4 is 11.1 Å². The lowest BCUT2D eigenvalue weighted by molar-refractivity contribution is 0.495. The van der Waals surface area contributed by atoms with Crippen LogP contribution in [0.5, 0.6) is 0 Å². The van der Waals surface area contributed by atoms with Gasteiger partial charge in [0, 0.05) is 12.5 Å². The van der Waals surface area contributed by atoms with E-state index >= 15 is 0 Å². The molecule has 3 N–H and O–H groups in total. The number of rotatable bonds is 5. The van der Waals surface area contributed by atoms with E-state index in [1.54, 1.807) is 18.4 Å². The van der Waals surface area contributed by atoms with Crippen LogP contribution in [0.25, 0.3) is 0 Å². The van der Waals surface area contributed by atoms with Crippen molar-refractivity contribution in [3.05, 3.63) is 42.0 Å². The van der Waals surface area contributed by atoms with Crippen LogP contribution in [0, 0.1) is 11.3 Å². The molecule has 1 atom stereocenters. The van der Waals surface area contributed by atoms with Gasteiger partial charge in [0.1, 0.15) is 17.6 Å². The minimum Gasteiger partial charge on any atom is -0.469 e. The number of hydrogen-bond donors (Lipinski definition) is 2. The summed E-state index contributed by atoms with van der Waals surface area (Å²) in [5.41, 5.74) is 6.28. The molecule has 0 aliphatic carbocycles. The Morgan fingerprint density at radius 3 is 3.00 bits per heavy atom. The molecule has 0 spiro atoms. The van der Waals surface area contributed by atoms with Crippen molar-refractivity contribution in [1.29, 1.82) is 5.26 Å². The third-order valence-corrected chi connectivity index (χ3v) is 2.83. The summed E-state index contributed by atoms with van der Waals surface area (Å²) >= 11 is 0. The Labute approximate surface area is 112 Å². The first kappa shape index (κ1) is 13.0. The van der Waals surface area contributed by atoms with Gasteiger partial charge >= 0.3 is 0 Å². The Morgan fingerprint density at radius 2 is 2.32 bits per heavy atom. The number of nitrogens with two attached hydrogens (primary N) is 1. The Hall–Kier alpha value is -2.48. The molecule has 2 aromatic rings. The molecule has 2 rings (SSSR count). The SMILES string of the molecule is CC(CCc1ccco1)Nc1ccc(N)c(C#N)n1. The van der Waals surface area contributed by atoms with Gasteiger partial charge in [-0.2, -0.15) is 5.26 Å². The summed E-state index contributed by atoms with van der Waals surface area (Å²) < 4.78 is 5.28. The van der Waals surface area contributed by atoms with Gasteiger partial charge in [0.15, 0.2) is 5.69 Å². The van der Waals surface area contributed by atoms with Crippen LogP contribution in [0.2, 0.25) is 0 Å². The molecule has 2 aromatic heterocycles. The fourth-order valence-electron chi connectivity index (χ4n) is 1.78. The molecule has 0 aliphatic heterocycles. The van der Waals surface area contributed by atoms with Crippen molar-refractivity contribution >= 4 is 11.5 Å². The number of furan rings is 1. The lowest BCUT2D eigenvalue weighted by Crippen LogP contribution is -2.17. The minimum absolute atomic E-state index is 0.229. The van der Waals surface area contributed by atoms with Gasteiger partial charge in [0.05, 0.1) is 12.0 Å². The first-order valence-electron chi connectivity index (χ1n) is 6.14. The van der Waals surface area contributed by atoms with Crippen LogP contribution in [0.15, 0.2) is 34.9 Å². The van der Waals surface area contributed by atoms with E-state index in [0.29, 0.717) is 11.5 Å². The van der Waals surface area contributed by atoms with Crippen LogP contribution in [0.1, 0.15) is 24.8 Å². The van der Waals surface area contributed by atoms with E-state index in [1.807, 2.05) is 18.2 Å². The zero-order chi connectivity index (χ0) is 13.7. The topological polar surface area (TPSA) is 87.9 Å². The largest absolute Gasteiger partial charge is 0.469 e. The highest BCUT2D eigenvalue weighted by Crippen LogP contribution is 2.14. The molecule has 5 heteroatoms. The third-order valence-electron chi connectivity index (χ3n) is 2.83. The molecule has 0 aliphatic rings. The molecule has 0 fully saturated rings. The van der Waals surface area contributed by atoms with Crippen molar-refractivity contribution in [3.63, 3.8) is 0 Å². The molecular formula is C14H16N4O. The molecular weight excluding hydrogens is 240 g/mol. The monoisotopic (exact) mass is 256 g/mol. The van der Waals surface area contributed by atoms with E-state index < -0.39 is 0 Å². The number of nitrogens with zero attached hydrogens (tertiary/aromatic N) is 2. The zero-order valence-electron chi connectivity index (χ0n) is 10.8. The van der Waals surface area contributed by atoms with E-state index in [2.05, 4.69) is 17.2 Å². The van der Waals surface area contributed by atoms with Gasteiger partial charge in [-0.15, -0.1) is 0 Å². The van der Waals surface area contributed by atoms with Crippen LogP contribution in [0.4, 0.5) is 11.5 Å². The number of aromatic nitrogens is 1. The number of nitriles is 1. The maximum absolute atomic E-state index is 8.87. The van der Waals surface area contributed by atoms with Crippen molar-refractivity contribution in [2.45, 2.75) is 25.8 Å². The van der Waals surface area contributed by atoms with Crippen LogP contribution >= 0.6 is 0 Å². The molecule has 0 bridgehead atoms. The van der Waals surface area contributed by atoms with Gasteiger partial charge < -0.3 is 15.5 Å². The average Bonchev–Trinajstić information content (AvgIpc) is 2.92. The predicted octanol–water partition coefficient (Wildman–Crippen LogP) is 2.56. The Kier molecular flexibility index (Phi) is 4.04. The minimum atomic E-state index is 0.229. The molecule has 0 saturated heterocycles. The molecule has 2 heterocycles. The highest BCUT2D eigenvalue weighted by molar-refractivity contribution is 5.54. The number of nitrogens with one attached hydrogen (secondary N) is 1. The normalized spacial score (nSPS) is 11.8. The molecule has 0 saturated carbocycles. The average molecular weight is 256 g/mol. The lowest BCUT2D eigenvalue weighted by atomic mass is 10.1. The predicted molar refractivity (Wildman–Crippen MR) is 73.5 cm³/mol. The Bertz CT molecular complexity index is 572. The van der Waals surface area contributed by atoms with Crippen molar-refractivity contribution in [1.82, 2.24) is 4.98 Å². The molecule has 0 amide bonds. The molecule has 0 radical (unpaired) electrons. The Morgan fingerprint density at radius 1 is 1.47 bits per heavy atom. The summed E-state index contributed by atoms with van der Waals surface area (Å²) in [4.78, 5) is 4.16. The number of hydrogen-bond acceptors (Lipinski definition) is 5. The summed E-state index contributed by atoms with van der Waals surface area (Å²) in [5.74, 6) is 1.63. The molecule has 0 aromatic carbocycles. The molecule has 1 unspecified atom stereocenters. The van der Waals surface area contributed by atoms with E-state index in [4.69, 9.17) is 15.4 Å². The van der Waals surface area contributed by atoms with Crippen LogP contribution in [0.3, 0.4) is 0 Å². The molecule has 98 valence electrons. The second kappa shape index (κ2) is 5.91. The number of anilines is 2. The fraction of sp³-hybridized carbons (Fsp3) is 0.286. The van der Waals surface area contributed by atoms with Crippen LogP contribution in [-0.4, -0.2) is 11.0 Å². The van der Waals surface area contributed by atoms with Crippen molar-refractivity contribution in [2.75, 3.05) is 11.1 Å². The maximum Gasteiger partial charge on any atom is 0.165 e. The van der Waals surface area contributed by atoms with Gasteiger partial charge in [-0.25, -0.2) is 4.98 Å². The van der Waals surface area contributed by atoms with E-state index in [-0.39, 0.29) is 11.7 Å². The van der Waals surface area contributed by atoms with E-state index in [0.717, 1.165) is 18.6 Å². The zero-order valence-corrected chi connectivity index (χ0v) is 10.8. The highest BCUT2D eigenvalue weighted by atomic mass is 16.3. The van der Waals surface area contributed by atoms with E-state index in [9.17, 15) is 0 Å². The summed E-state index contributed by atoms with van der Waals surface area (Å²) in [6.45, 7) is 2.06. The van der Waals surface area contributed by atoms with Crippen LogP contribution in [-0.2, 0) is 6.42 Å². The lowest BCUT2D eigenvalue weighted by Gasteiger charge is -2.14. The second-order valence-electron chi connectivity index (χ2n) is 4.41. The van der Waals surface area contributed by atoms with Gasteiger partial charge in [-0.3, -0.25) is 0 Å². The Balaban J connectivity index is 1.91. The van der Waals surface area contributed by atoms with E-state index in [1.165, 1.54) is 0 Å². The van der Waals surface area contributed by atoms with Gasteiger partial charge in [0.2, 0.25) is 0 Å². The van der Waals surface area contributed by atoms with Crippen molar-refractivity contribution < 1.29 is 4.42 Å². The smallest absolute Gasteiger partial charge is 0.165 e.